The molecule has 3 rings (SSSR count). The van der Waals surface area contributed by atoms with Gasteiger partial charge in [0.15, 0.2) is 5.75 Å². The number of anilines is 1. The van der Waals surface area contributed by atoms with E-state index in [0.717, 1.165) is 15.7 Å². The summed E-state index contributed by atoms with van der Waals surface area (Å²) in [6.07, 6.45) is 1.12. The maximum Gasteiger partial charge on any atom is 0.417 e. The molecule has 24 heavy (non-hydrogen) atoms. The highest BCUT2D eigenvalue weighted by Crippen LogP contribution is 2.29. The molecular weight excluding hydrogens is 394 g/mol. The van der Waals surface area contributed by atoms with E-state index in [1.165, 1.54) is 0 Å². The molecule has 0 saturated heterocycles. The topological polar surface area (TPSA) is 56.2 Å². The molecule has 0 fully saturated rings. The molecule has 1 aromatic heterocycles. The van der Waals surface area contributed by atoms with Crippen molar-refractivity contribution >= 4 is 39.3 Å². The third-order valence-electron chi connectivity index (χ3n) is 3.32. The number of nitrogens with zero attached hydrogens (tertiary/aromatic N) is 2. The molecule has 0 spiro atoms. The molecule has 0 aliphatic rings. The van der Waals surface area contributed by atoms with Gasteiger partial charge in [-0.25, -0.2) is 4.79 Å². The van der Waals surface area contributed by atoms with Crippen LogP contribution >= 0.6 is 27.5 Å². The zero-order chi connectivity index (χ0) is 17.1. The number of hydrogen-bond acceptors (Lipinski definition) is 3. The minimum atomic E-state index is -0.607. The van der Waals surface area contributed by atoms with Gasteiger partial charge < -0.3 is 4.74 Å². The molecule has 2 aromatic carbocycles. The number of amides is 1. The number of rotatable bonds is 3. The first-order valence-electron chi connectivity index (χ1n) is 7.06. The van der Waals surface area contributed by atoms with Crippen molar-refractivity contribution < 1.29 is 9.53 Å². The Bertz CT molecular complexity index is 876. The van der Waals surface area contributed by atoms with E-state index in [-0.39, 0.29) is 0 Å². The van der Waals surface area contributed by atoms with E-state index in [1.807, 2.05) is 25.2 Å². The van der Waals surface area contributed by atoms with Crippen LogP contribution in [0, 0.1) is 0 Å². The summed E-state index contributed by atoms with van der Waals surface area (Å²) >= 11 is 9.45. The minimum absolute atomic E-state index is 0.308. The second-order valence-corrected chi connectivity index (χ2v) is 6.25. The van der Waals surface area contributed by atoms with E-state index in [0.29, 0.717) is 16.5 Å². The number of nitrogens with one attached hydrogen (secondary N) is 1. The fourth-order valence-corrected chi connectivity index (χ4v) is 3.00. The number of ether oxygens (including phenoxy) is 1. The lowest BCUT2D eigenvalue weighted by Crippen LogP contribution is -2.16. The summed E-state index contributed by atoms with van der Waals surface area (Å²) in [6.45, 7) is 0. The van der Waals surface area contributed by atoms with Crippen molar-refractivity contribution in [1.82, 2.24) is 9.78 Å². The van der Waals surface area contributed by atoms with Crippen molar-refractivity contribution in [2.75, 3.05) is 5.32 Å². The molecule has 0 atom stereocenters. The van der Waals surface area contributed by atoms with Crippen molar-refractivity contribution in [1.29, 1.82) is 0 Å². The van der Waals surface area contributed by atoms with Crippen LogP contribution in [0.2, 0.25) is 5.02 Å². The summed E-state index contributed by atoms with van der Waals surface area (Å²) in [7, 11) is 1.85. The van der Waals surface area contributed by atoms with Gasteiger partial charge in [0.05, 0.1) is 21.4 Å². The standard InChI is InChI=1S/C17H13BrClN3O2/c1-22-16(13(18)10-20-22)11-5-4-6-12(9-11)21-17(23)24-15-8-3-2-7-14(15)19/h2-10H,1H3,(H,21,23). The van der Waals surface area contributed by atoms with Crippen LogP contribution in [0.5, 0.6) is 5.75 Å². The lowest BCUT2D eigenvalue weighted by atomic mass is 10.1. The van der Waals surface area contributed by atoms with Crippen molar-refractivity contribution in [3.63, 3.8) is 0 Å². The average Bonchev–Trinajstić information content (AvgIpc) is 2.89. The zero-order valence-electron chi connectivity index (χ0n) is 12.7. The smallest absolute Gasteiger partial charge is 0.409 e. The fraction of sp³-hybridized carbons (Fsp3) is 0.0588. The van der Waals surface area contributed by atoms with E-state index < -0.39 is 6.09 Å². The maximum absolute atomic E-state index is 12.0. The Hall–Kier alpha value is -2.31. The Labute approximate surface area is 152 Å². The van der Waals surface area contributed by atoms with E-state index in [9.17, 15) is 4.79 Å². The number of hydrogen-bond donors (Lipinski definition) is 1. The van der Waals surface area contributed by atoms with E-state index >= 15 is 0 Å². The number of halogens is 2. The average molecular weight is 407 g/mol. The van der Waals surface area contributed by atoms with Crippen LogP contribution in [0.25, 0.3) is 11.3 Å². The third kappa shape index (κ3) is 3.60. The highest BCUT2D eigenvalue weighted by Gasteiger charge is 2.11. The Morgan fingerprint density at radius 2 is 2.04 bits per heavy atom. The first-order chi connectivity index (χ1) is 11.5. The fourth-order valence-electron chi connectivity index (χ4n) is 2.25. The monoisotopic (exact) mass is 405 g/mol. The van der Waals surface area contributed by atoms with Crippen molar-refractivity contribution in [3.8, 4) is 17.0 Å². The van der Waals surface area contributed by atoms with Crippen molar-refractivity contribution in [2.45, 2.75) is 0 Å². The number of aryl methyl sites for hydroxylation is 1. The minimum Gasteiger partial charge on any atom is -0.409 e. The first kappa shape index (κ1) is 16.5. The highest BCUT2D eigenvalue weighted by atomic mass is 79.9. The molecule has 0 bridgehead atoms. The molecule has 1 N–H and O–H groups in total. The summed E-state index contributed by atoms with van der Waals surface area (Å²) in [6, 6.07) is 14.2. The van der Waals surface area contributed by atoms with Crippen LogP contribution in [-0.2, 0) is 7.05 Å². The molecule has 0 radical (unpaired) electrons. The molecule has 3 aromatic rings. The number of carbonyl (C=O) groups is 1. The van der Waals surface area contributed by atoms with Gasteiger partial charge in [0, 0.05) is 18.3 Å². The van der Waals surface area contributed by atoms with Crippen LogP contribution in [-0.4, -0.2) is 15.9 Å². The summed E-state index contributed by atoms with van der Waals surface area (Å²) in [4.78, 5) is 12.0. The van der Waals surface area contributed by atoms with E-state index in [4.69, 9.17) is 16.3 Å². The largest absolute Gasteiger partial charge is 0.417 e. The van der Waals surface area contributed by atoms with Gasteiger partial charge in [-0.15, -0.1) is 0 Å². The second-order valence-electron chi connectivity index (χ2n) is 4.99. The third-order valence-corrected chi connectivity index (χ3v) is 4.21. The zero-order valence-corrected chi connectivity index (χ0v) is 15.0. The van der Waals surface area contributed by atoms with Crippen molar-refractivity contribution in [3.05, 3.63) is 64.2 Å². The number of aromatic nitrogens is 2. The number of para-hydroxylation sites is 1. The van der Waals surface area contributed by atoms with E-state index in [1.54, 1.807) is 41.2 Å². The number of carbonyl (C=O) groups excluding carboxylic acids is 1. The Balaban J connectivity index is 1.78. The SMILES string of the molecule is Cn1ncc(Br)c1-c1cccc(NC(=O)Oc2ccccc2Cl)c1. The summed E-state index contributed by atoms with van der Waals surface area (Å²) < 4.78 is 7.85. The predicted molar refractivity (Wildman–Crippen MR) is 97.4 cm³/mol. The highest BCUT2D eigenvalue weighted by molar-refractivity contribution is 9.10. The molecule has 0 aliphatic carbocycles. The summed E-state index contributed by atoms with van der Waals surface area (Å²) in [5, 5.41) is 7.26. The van der Waals surface area contributed by atoms with Crippen molar-refractivity contribution in [2.24, 2.45) is 7.05 Å². The molecule has 5 nitrogen and oxygen atoms in total. The Morgan fingerprint density at radius 1 is 1.25 bits per heavy atom. The lowest BCUT2D eigenvalue weighted by Gasteiger charge is -2.09. The maximum atomic E-state index is 12.0. The molecule has 1 amide bonds. The molecule has 0 saturated carbocycles. The predicted octanol–water partition coefficient (Wildman–Crippen LogP) is 5.11. The quantitative estimate of drug-likeness (QED) is 0.657. The molecule has 122 valence electrons. The van der Waals surface area contributed by atoms with Gasteiger partial charge in [-0.3, -0.25) is 10.00 Å². The van der Waals surface area contributed by atoms with Crippen LogP contribution < -0.4 is 10.1 Å². The van der Waals surface area contributed by atoms with Crippen LogP contribution in [0.3, 0.4) is 0 Å². The summed E-state index contributed by atoms with van der Waals surface area (Å²) in [5.41, 5.74) is 2.44. The van der Waals surface area contributed by atoms with Crippen LogP contribution in [0.15, 0.2) is 59.2 Å². The molecular formula is C17H13BrClN3O2. The van der Waals surface area contributed by atoms with Gasteiger partial charge in [0.2, 0.25) is 0 Å². The lowest BCUT2D eigenvalue weighted by molar-refractivity contribution is 0.215. The molecule has 1 heterocycles. The van der Waals surface area contributed by atoms with Gasteiger partial charge in [-0.05, 0) is 40.2 Å². The van der Waals surface area contributed by atoms with E-state index in [2.05, 4.69) is 26.3 Å². The van der Waals surface area contributed by atoms with Gasteiger partial charge in [0.25, 0.3) is 0 Å². The van der Waals surface area contributed by atoms with Crippen LogP contribution in [0.1, 0.15) is 0 Å². The van der Waals surface area contributed by atoms with Gasteiger partial charge >= 0.3 is 6.09 Å². The second kappa shape index (κ2) is 7.07. The normalized spacial score (nSPS) is 10.5. The molecule has 0 aliphatic heterocycles. The first-order valence-corrected chi connectivity index (χ1v) is 8.23. The number of benzene rings is 2. The Kier molecular flexibility index (Phi) is 4.87. The van der Waals surface area contributed by atoms with Gasteiger partial charge in [-0.2, -0.15) is 5.10 Å². The van der Waals surface area contributed by atoms with Gasteiger partial charge in [0.1, 0.15) is 0 Å². The molecule has 7 heteroatoms. The molecule has 0 unspecified atom stereocenters. The van der Waals surface area contributed by atoms with Crippen LogP contribution in [0.4, 0.5) is 10.5 Å². The van der Waals surface area contributed by atoms with Gasteiger partial charge in [-0.1, -0.05) is 35.9 Å². The summed E-state index contributed by atoms with van der Waals surface area (Å²) in [5.74, 6) is 0.308. The Morgan fingerprint density at radius 3 is 2.75 bits per heavy atom.